The van der Waals surface area contributed by atoms with Gasteiger partial charge < -0.3 is 10.3 Å². The minimum absolute atomic E-state index is 0.392. The van der Waals surface area contributed by atoms with Crippen LogP contribution in [0.5, 0.6) is 0 Å². The van der Waals surface area contributed by atoms with Crippen LogP contribution in [0.15, 0.2) is 28.8 Å². The van der Waals surface area contributed by atoms with E-state index in [-0.39, 0.29) is 0 Å². The molecule has 2 heterocycles. The van der Waals surface area contributed by atoms with E-state index < -0.39 is 0 Å². The van der Waals surface area contributed by atoms with Crippen molar-refractivity contribution in [3.05, 3.63) is 41.3 Å². The molecule has 0 aliphatic rings. The highest BCUT2D eigenvalue weighted by atomic mass is 16.5. The number of rotatable bonds is 4. The second kappa shape index (κ2) is 5.35. The third-order valence-corrected chi connectivity index (χ3v) is 3.23. The van der Waals surface area contributed by atoms with Crippen molar-refractivity contribution in [1.29, 1.82) is 0 Å². The molecule has 0 atom stereocenters. The predicted octanol–water partition coefficient (Wildman–Crippen LogP) is 1.83. The minimum Gasteiger partial charge on any atom is -0.381 e. The van der Waals surface area contributed by atoms with Crippen LogP contribution in [0.4, 0.5) is 5.82 Å². The van der Waals surface area contributed by atoms with Crippen molar-refractivity contribution in [2.45, 2.75) is 26.8 Å². The van der Waals surface area contributed by atoms with Gasteiger partial charge in [-0.15, -0.1) is 5.10 Å². The standard InChI is InChI=1S/C14H16N6O/c1-3-11-13(15)17-19-20(11)8-12-16-14(21-18-12)10-6-4-5-9(2)7-10/h4-7H,3,8,15H2,1-2H3. The average molecular weight is 284 g/mol. The fraction of sp³-hybridized carbons (Fsp3) is 0.286. The number of aromatic nitrogens is 5. The van der Waals surface area contributed by atoms with E-state index in [2.05, 4.69) is 20.5 Å². The first kappa shape index (κ1) is 13.3. The number of benzene rings is 1. The molecule has 0 aliphatic heterocycles. The van der Waals surface area contributed by atoms with Gasteiger partial charge in [-0.3, -0.25) is 0 Å². The van der Waals surface area contributed by atoms with Crippen molar-refractivity contribution < 1.29 is 4.52 Å². The summed E-state index contributed by atoms with van der Waals surface area (Å²) in [5, 5.41) is 11.8. The van der Waals surface area contributed by atoms with Crippen molar-refractivity contribution in [1.82, 2.24) is 25.1 Å². The van der Waals surface area contributed by atoms with Gasteiger partial charge in [-0.2, -0.15) is 4.98 Å². The molecule has 3 rings (SSSR count). The fourth-order valence-corrected chi connectivity index (χ4v) is 2.18. The number of nitrogens with two attached hydrogens (primary N) is 1. The largest absolute Gasteiger partial charge is 0.381 e. The Labute approximate surface area is 121 Å². The Morgan fingerprint density at radius 2 is 2.19 bits per heavy atom. The van der Waals surface area contributed by atoms with Crippen LogP contribution >= 0.6 is 0 Å². The van der Waals surface area contributed by atoms with Crippen LogP contribution < -0.4 is 5.73 Å². The smallest absolute Gasteiger partial charge is 0.257 e. The summed E-state index contributed by atoms with van der Waals surface area (Å²) in [4.78, 5) is 4.39. The van der Waals surface area contributed by atoms with Crippen molar-refractivity contribution >= 4 is 5.82 Å². The zero-order chi connectivity index (χ0) is 14.8. The summed E-state index contributed by atoms with van der Waals surface area (Å²) < 4.78 is 7.00. The molecule has 0 spiro atoms. The summed E-state index contributed by atoms with van der Waals surface area (Å²) in [6.45, 7) is 4.41. The van der Waals surface area contributed by atoms with Crippen molar-refractivity contribution in [2.75, 3.05) is 5.73 Å². The Bertz CT molecular complexity index is 760. The molecule has 2 N–H and O–H groups in total. The van der Waals surface area contributed by atoms with Gasteiger partial charge in [0.25, 0.3) is 5.89 Å². The first-order valence-electron chi connectivity index (χ1n) is 6.75. The highest BCUT2D eigenvalue weighted by Gasteiger charge is 2.13. The molecule has 1 aromatic carbocycles. The number of hydrogen-bond acceptors (Lipinski definition) is 6. The molecule has 2 aromatic heterocycles. The molecule has 3 aromatic rings. The van der Waals surface area contributed by atoms with Crippen LogP contribution in [0.3, 0.4) is 0 Å². The third-order valence-electron chi connectivity index (χ3n) is 3.23. The minimum atomic E-state index is 0.392. The van der Waals surface area contributed by atoms with E-state index in [0.717, 1.165) is 23.2 Å². The zero-order valence-corrected chi connectivity index (χ0v) is 11.9. The highest BCUT2D eigenvalue weighted by Crippen LogP contribution is 2.18. The van der Waals surface area contributed by atoms with E-state index in [1.54, 1.807) is 4.68 Å². The molecular weight excluding hydrogens is 268 g/mol. The Kier molecular flexibility index (Phi) is 3.39. The first-order valence-corrected chi connectivity index (χ1v) is 6.75. The number of nitrogens with zero attached hydrogens (tertiary/aromatic N) is 5. The van der Waals surface area contributed by atoms with Crippen LogP contribution in [0.1, 0.15) is 24.0 Å². The van der Waals surface area contributed by atoms with Gasteiger partial charge in [0.1, 0.15) is 6.54 Å². The third kappa shape index (κ3) is 2.62. The van der Waals surface area contributed by atoms with Gasteiger partial charge in [0, 0.05) is 5.56 Å². The van der Waals surface area contributed by atoms with E-state index in [4.69, 9.17) is 10.3 Å². The molecule has 0 fully saturated rings. The Morgan fingerprint density at radius 3 is 2.95 bits per heavy atom. The molecule has 7 nitrogen and oxygen atoms in total. The summed E-state index contributed by atoms with van der Waals surface area (Å²) in [7, 11) is 0. The van der Waals surface area contributed by atoms with E-state index in [1.165, 1.54) is 0 Å². The van der Waals surface area contributed by atoms with Crippen LogP contribution in [0, 0.1) is 6.92 Å². The van der Waals surface area contributed by atoms with Gasteiger partial charge in [-0.25, -0.2) is 4.68 Å². The van der Waals surface area contributed by atoms with Gasteiger partial charge in [0.2, 0.25) is 0 Å². The Balaban J connectivity index is 1.85. The number of anilines is 1. The normalized spacial score (nSPS) is 11.0. The fourth-order valence-electron chi connectivity index (χ4n) is 2.18. The molecule has 0 radical (unpaired) electrons. The molecular formula is C14H16N6O. The van der Waals surface area contributed by atoms with Gasteiger partial charge in [0.05, 0.1) is 5.69 Å². The van der Waals surface area contributed by atoms with Crippen LogP contribution in [-0.2, 0) is 13.0 Å². The zero-order valence-electron chi connectivity index (χ0n) is 11.9. The van der Waals surface area contributed by atoms with Gasteiger partial charge >= 0.3 is 0 Å². The summed E-state index contributed by atoms with van der Waals surface area (Å²) >= 11 is 0. The second-order valence-electron chi connectivity index (χ2n) is 4.82. The maximum absolute atomic E-state index is 5.76. The lowest BCUT2D eigenvalue weighted by molar-refractivity contribution is 0.417. The van der Waals surface area contributed by atoms with Gasteiger partial charge in [0.15, 0.2) is 11.6 Å². The molecule has 7 heteroatoms. The average Bonchev–Trinajstić information content (AvgIpc) is 3.07. The molecule has 108 valence electrons. The first-order chi connectivity index (χ1) is 10.2. The van der Waals surface area contributed by atoms with E-state index >= 15 is 0 Å². The molecule has 0 saturated heterocycles. The van der Waals surface area contributed by atoms with Crippen molar-refractivity contribution in [2.24, 2.45) is 0 Å². The number of hydrogen-bond donors (Lipinski definition) is 1. The molecule has 0 saturated carbocycles. The highest BCUT2D eigenvalue weighted by molar-refractivity contribution is 5.53. The lowest BCUT2D eigenvalue weighted by Gasteiger charge is -2.00. The molecule has 21 heavy (non-hydrogen) atoms. The maximum atomic E-state index is 5.76. The van der Waals surface area contributed by atoms with E-state index in [9.17, 15) is 0 Å². The summed E-state index contributed by atoms with van der Waals surface area (Å²) in [5.74, 6) is 1.49. The topological polar surface area (TPSA) is 95.7 Å². The SMILES string of the molecule is CCc1c(N)nnn1Cc1noc(-c2cccc(C)c2)n1. The lowest BCUT2D eigenvalue weighted by atomic mass is 10.1. The predicted molar refractivity (Wildman–Crippen MR) is 77.4 cm³/mol. The summed E-state index contributed by atoms with van der Waals surface area (Å²) in [5.41, 5.74) is 8.68. The Hall–Kier alpha value is -2.70. The van der Waals surface area contributed by atoms with E-state index in [0.29, 0.717) is 24.1 Å². The molecule has 0 bridgehead atoms. The maximum Gasteiger partial charge on any atom is 0.257 e. The molecule has 0 aliphatic carbocycles. The van der Waals surface area contributed by atoms with Gasteiger partial charge in [-0.05, 0) is 25.5 Å². The van der Waals surface area contributed by atoms with Crippen LogP contribution in [0.25, 0.3) is 11.5 Å². The lowest BCUT2D eigenvalue weighted by Crippen LogP contribution is -2.08. The quantitative estimate of drug-likeness (QED) is 0.785. The second-order valence-corrected chi connectivity index (χ2v) is 4.82. The van der Waals surface area contributed by atoms with Crippen molar-refractivity contribution in [3.63, 3.8) is 0 Å². The summed E-state index contributed by atoms with van der Waals surface area (Å²) in [6.07, 6.45) is 0.751. The summed E-state index contributed by atoms with van der Waals surface area (Å²) in [6, 6.07) is 7.92. The Morgan fingerprint density at radius 1 is 1.33 bits per heavy atom. The molecule has 0 unspecified atom stereocenters. The van der Waals surface area contributed by atoms with Crippen LogP contribution in [-0.4, -0.2) is 25.1 Å². The van der Waals surface area contributed by atoms with Gasteiger partial charge in [-0.1, -0.05) is 35.0 Å². The monoisotopic (exact) mass is 284 g/mol. The molecule has 0 amide bonds. The number of aryl methyl sites for hydroxylation is 1. The van der Waals surface area contributed by atoms with Crippen molar-refractivity contribution in [3.8, 4) is 11.5 Å². The number of nitrogen functional groups attached to an aromatic ring is 1. The van der Waals surface area contributed by atoms with Crippen LogP contribution in [0.2, 0.25) is 0 Å². The van der Waals surface area contributed by atoms with E-state index in [1.807, 2.05) is 38.1 Å².